The molecule has 1 aliphatic rings. The highest BCUT2D eigenvalue weighted by Crippen LogP contribution is 2.22. The topological polar surface area (TPSA) is 58.0 Å². The Morgan fingerprint density at radius 1 is 0.682 bits per heavy atom. The smallest absolute Gasteiger partial charge is 0.145 e. The third kappa shape index (κ3) is 3.28. The fourth-order valence-electron chi connectivity index (χ4n) is 2.89. The first-order chi connectivity index (χ1) is 10.8. The molecule has 2 atom stereocenters. The molecule has 0 aromatic carbocycles. The van der Waals surface area contributed by atoms with Crippen molar-refractivity contribution < 1.29 is 0 Å². The van der Waals surface area contributed by atoms with Crippen LogP contribution in [0.1, 0.15) is 37.6 Å². The van der Waals surface area contributed by atoms with Gasteiger partial charge in [0.2, 0.25) is 0 Å². The van der Waals surface area contributed by atoms with Gasteiger partial charge in [-0.15, -0.1) is 0 Å². The second kappa shape index (κ2) is 6.89. The van der Waals surface area contributed by atoms with Gasteiger partial charge < -0.3 is 0 Å². The predicted molar refractivity (Wildman–Crippen MR) is 84.0 cm³/mol. The summed E-state index contributed by atoms with van der Waals surface area (Å²) in [6, 6.07) is 4.23. The summed E-state index contributed by atoms with van der Waals surface area (Å²) in [4.78, 5) is 22.3. The molecule has 0 saturated carbocycles. The molecule has 2 aromatic heterocycles. The van der Waals surface area contributed by atoms with Crippen LogP contribution >= 0.6 is 0 Å². The van der Waals surface area contributed by atoms with Gasteiger partial charge in [0.1, 0.15) is 11.6 Å². The maximum absolute atomic E-state index is 4.37. The third-order valence-corrected chi connectivity index (χ3v) is 4.36. The van der Waals surface area contributed by atoms with Crippen LogP contribution in [-0.4, -0.2) is 55.9 Å². The molecule has 1 aliphatic heterocycles. The van der Waals surface area contributed by atoms with Gasteiger partial charge in [-0.25, -0.2) is 19.9 Å². The molecule has 116 valence electrons. The van der Waals surface area contributed by atoms with Crippen LogP contribution in [0, 0.1) is 0 Å². The van der Waals surface area contributed by atoms with Crippen LogP contribution in [-0.2, 0) is 0 Å². The highest BCUT2D eigenvalue weighted by molar-refractivity contribution is 4.98. The summed E-state index contributed by atoms with van der Waals surface area (Å²) >= 11 is 0. The average Bonchev–Trinajstić information content (AvgIpc) is 2.62. The third-order valence-electron chi connectivity index (χ3n) is 4.36. The molecule has 6 nitrogen and oxygen atoms in total. The number of aromatic nitrogens is 4. The maximum atomic E-state index is 4.37. The number of rotatable bonds is 4. The van der Waals surface area contributed by atoms with Crippen LogP contribution in [0.25, 0.3) is 0 Å². The van der Waals surface area contributed by atoms with Gasteiger partial charge >= 0.3 is 0 Å². The maximum Gasteiger partial charge on any atom is 0.145 e. The first-order valence-corrected chi connectivity index (χ1v) is 7.77. The van der Waals surface area contributed by atoms with E-state index in [1.165, 1.54) is 0 Å². The second-order valence-electron chi connectivity index (χ2n) is 5.64. The Morgan fingerprint density at radius 3 is 1.32 bits per heavy atom. The predicted octanol–water partition coefficient (Wildman–Crippen LogP) is 1.71. The second-order valence-corrected chi connectivity index (χ2v) is 5.64. The van der Waals surface area contributed by atoms with Crippen LogP contribution < -0.4 is 0 Å². The van der Waals surface area contributed by atoms with E-state index in [4.69, 9.17) is 0 Å². The summed E-state index contributed by atoms with van der Waals surface area (Å²) in [5.41, 5.74) is 0. The van der Waals surface area contributed by atoms with Gasteiger partial charge in [0, 0.05) is 51.0 Å². The van der Waals surface area contributed by atoms with Gasteiger partial charge in [-0.3, -0.25) is 9.80 Å². The molecule has 0 amide bonds. The fourth-order valence-corrected chi connectivity index (χ4v) is 2.89. The van der Waals surface area contributed by atoms with E-state index in [9.17, 15) is 0 Å². The zero-order valence-electron chi connectivity index (χ0n) is 13.1. The van der Waals surface area contributed by atoms with Crippen molar-refractivity contribution in [3.8, 4) is 0 Å². The SMILES string of the molecule is CC(c1ncccn1)N1CCN(C(C)c2ncccn2)CC1. The summed E-state index contributed by atoms with van der Waals surface area (Å²) in [6.07, 6.45) is 7.24. The summed E-state index contributed by atoms with van der Waals surface area (Å²) in [5, 5.41) is 0. The number of hydrogen-bond acceptors (Lipinski definition) is 6. The van der Waals surface area contributed by atoms with Crippen molar-refractivity contribution in [2.75, 3.05) is 26.2 Å². The van der Waals surface area contributed by atoms with Crippen molar-refractivity contribution in [3.63, 3.8) is 0 Å². The van der Waals surface area contributed by atoms with E-state index in [0.29, 0.717) is 0 Å². The Kier molecular flexibility index (Phi) is 4.70. The number of nitrogens with zero attached hydrogens (tertiary/aromatic N) is 6. The van der Waals surface area contributed by atoms with Gasteiger partial charge in [0.05, 0.1) is 12.1 Å². The minimum absolute atomic E-state index is 0.256. The summed E-state index contributed by atoms with van der Waals surface area (Å²) in [5.74, 6) is 1.80. The molecule has 6 heteroatoms. The van der Waals surface area contributed by atoms with Crippen molar-refractivity contribution >= 4 is 0 Å². The van der Waals surface area contributed by atoms with Gasteiger partial charge in [0.15, 0.2) is 0 Å². The normalized spacial score (nSPS) is 19.7. The van der Waals surface area contributed by atoms with E-state index in [1.807, 2.05) is 36.9 Å². The highest BCUT2D eigenvalue weighted by atomic mass is 15.3. The van der Waals surface area contributed by atoms with Crippen molar-refractivity contribution in [3.05, 3.63) is 48.6 Å². The van der Waals surface area contributed by atoms with Crippen LogP contribution in [0.5, 0.6) is 0 Å². The minimum Gasteiger partial charge on any atom is -0.291 e. The van der Waals surface area contributed by atoms with Gasteiger partial charge in [-0.2, -0.15) is 0 Å². The van der Waals surface area contributed by atoms with E-state index in [-0.39, 0.29) is 12.1 Å². The zero-order chi connectivity index (χ0) is 15.4. The Labute approximate surface area is 131 Å². The summed E-state index contributed by atoms with van der Waals surface area (Å²) < 4.78 is 0. The standard InChI is InChI=1S/C16H22N6/c1-13(15-17-5-3-6-18-15)21-9-11-22(12-10-21)14(2)16-19-7-4-8-20-16/h3-8,13-14H,9-12H2,1-2H3. The molecule has 0 aliphatic carbocycles. The molecule has 0 radical (unpaired) electrons. The lowest BCUT2D eigenvalue weighted by Gasteiger charge is -2.39. The average molecular weight is 298 g/mol. The Bertz CT molecular complexity index is 514. The van der Waals surface area contributed by atoms with Crippen LogP contribution in [0.15, 0.2) is 36.9 Å². The number of hydrogen-bond donors (Lipinski definition) is 0. The van der Waals surface area contributed by atoms with Crippen molar-refractivity contribution in [2.24, 2.45) is 0 Å². The van der Waals surface area contributed by atoms with E-state index in [2.05, 4.69) is 43.6 Å². The Balaban J connectivity index is 1.58. The molecule has 1 fully saturated rings. The van der Waals surface area contributed by atoms with E-state index in [0.717, 1.165) is 37.8 Å². The highest BCUT2D eigenvalue weighted by Gasteiger charge is 2.27. The van der Waals surface area contributed by atoms with Gasteiger partial charge in [0.25, 0.3) is 0 Å². The largest absolute Gasteiger partial charge is 0.291 e. The fraction of sp³-hybridized carbons (Fsp3) is 0.500. The van der Waals surface area contributed by atoms with Crippen molar-refractivity contribution in [1.82, 2.24) is 29.7 Å². The van der Waals surface area contributed by atoms with Crippen LogP contribution in [0.4, 0.5) is 0 Å². The molecule has 2 aromatic rings. The lowest BCUT2D eigenvalue weighted by molar-refractivity contribution is 0.0733. The lowest BCUT2D eigenvalue weighted by atomic mass is 10.1. The lowest BCUT2D eigenvalue weighted by Crippen LogP contribution is -2.48. The van der Waals surface area contributed by atoms with Gasteiger partial charge in [-0.1, -0.05) is 0 Å². The van der Waals surface area contributed by atoms with E-state index < -0.39 is 0 Å². The summed E-state index contributed by atoms with van der Waals surface area (Å²) in [7, 11) is 0. The molecule has 22 heavy (non-hydrogen) atoms. The van der Waals surface area contributed by atoms with Crippen molar-refractivity contribution in [2.45, 2.75) is 25.9 Å². The molecule has 1 saturated heterocycles. The molecule has 0 N–H and O–H groups in total. The quantitative estimate of drug-likeness (QED) is 0.856. The first-order valence-electron chi connectivity index (χ1n) is 7.77. The molecule has 0 spiro atoms. The summed E-state index contributed by atoms with van der Waals surface area (Å²) in [6.45, 7) is 8.39. The first kappa shape index (κ1) is 15.0. The molecular weight excluding hydrogens is 276 g/mol. The molecule has 2 unspecified atom stereocenters. The molecule has 3 rings (SSSR count). The van der Waals surface area contributed by atoms with E-state index >= 15 is 0 Å². The van der Waals surface area contributed by atoms with Gasteiger partial charge in [-0.05, 0) is 26.0 Å². The molecule has 3 heterocycles. The Hall–Kier alpha value is -1.92. The molecule has 0 bridgehead atoms. The van der Waals surface area contributed by atoms with Crippen molar-refractivity contribution in [1.29, 1.82) is 0 Å². The molecular formula is C16H22N6. The monoisotopic (exact) mass is 298 g/mol. The Morgan fingerprint density at radius 2 is 1.00 bits per heavy atom. The number of piperazine rings is 1. The van der Waals surface area contributed by atoms with Crippen LogP contribution in [0.3, 0.4) is 0 Å². The minimum atomic E-state index is 0.256. The zero-order valence-corrected chi connectivity index (χ0v) is 13.1. The van der Waals surface area contributed by atoms with E-state index in [1.54, 1.807) is 0 Å². The van der Waals surface area contributed by atoms with Crippen LogP contribution in [0.2, 0.25) is 0 Å².